The van der Waals surface area contributed by atoms with Crippen molar-refractivity contribution in [2.45, 2.75) is 13.5 Å². The van der Waals surface area contributed by atoms with Crippen LogP contribution in [0.5, 0.6) is 11.5 Å². The summed E-state index contributed by atoms with van der Waals surface area (Å²) < 4.78 is 15.8. The molecule has 0 aliphatic heterocycles. The highest BCUT2D eigenvalue weighted by Gasteiger charge is 2.20. The Morgan fingerprint density at radius 2 is 1.96 bits per heavy atom. The van der Waals surface area contributed by atoms with Crippen LogP contribution in [-0.2, 0) is 6.54 Å². The topological polar surface area (TPSA) is 77.7 Å². The Balaban J connectivity index is 1.76. The molecule has 0 atom stereocenters. The predicted molar refractivity (Wildman–Crippen MR) is 99.8 cm³/mol. The molecule has 0 fully saturated rings. The first-order valence-electron chi connectivity index (χ1n) is 8.39. The lowest BCUT2D eigenvalue weighted by atomic mass is 10.1. The molecule has 3 aromatic rings. The Bertz CT molecular complexity index is 952. The molecule has 1 amide bonds. The van der Waals surface area contributed by atoms with Crippen molar-refractivity contribution in [1.29, 1.82) is 0 Å². The Kier molecular flexibility index (Phi) is 5.40. The van der Waals surface area contributed by atoms with Gasteiger partial charge in [-0.1, -0.05) is 28.9 Å². The van der Waals surface area contributed by atoms with Gasteiger partial charge >= 0.3 is 0 Å². The molecule has 0 spiro atoms. The van der Waals surface area contributed by atoms with E-state index in [1.807, 2.05) is 31.2 Å². The molecule has 7 heteroatoms. The number of hydrogen-bond donors (Lipinski definition) is 0. The number of aryl methyl sites for hydroxylation is 1. The number of ether oxygens (including phenoxy) is 2. The van der Waals surface area contributed by atoms with E-state index in [4.69, 9.17) is 14.0 Å². The van der Waals surface area contributed by atoms with Crippen LogP contribution in [-0.4, -0.2) is 42.2 Å². The van der Waals surface area contributed by atoms with Crippen LogP contribution in [0.25, 0.3) is 11.4 Å². The van der Waals surface area contributed by atoms with Crippen molar-refractivity contribution >= 4 is 5.91 Å². The van der Waals surface area contributed by atoms with E-state index in [1.54, 1.807) is 32.4 Å². The largest absolute Gasteiger partial charge is 0.497 e. The van der Waals surface area contributed by atoms with E-state index in [0.717, 1.165) is 11.1 Å². The smallest absolute Gasteiger partial charge is 0.257 e. The number of rotatable bonds is 6. The molecule has 0 saturated heterocycles. The van der Waals surface area contributed by atoms with Crippen molar-refractivity contribution in [3.8, 4) is 22.9 Å². The van der Waals surface area contributed by atoms with Gasteiger partial charge in [0.1, 0.15) is 18.0 Å². The first-order valence-corrected chi connectivity index (χ1v) is 8.39. The van der Waals surface area contributed by atoms with Gasteiger partial charge in [-0.2, -0.15) is 4.98 Å². The Labute approximate surface area is 157 Å². The Morgan fingerprint density at radius 1 is 1.15 bits per heavy atom. The number of carbonyl (C=O) groups excluding carboxylic acids is 1. The lowest BCUT2D eigenvalue weighted by Gasteiger charge is -2.17. The third-order valence-corrected chi connectivity index (χ3v) is 4.10. The van der Waals surface area contributed by atoms with E-state index in [2.05, 4.69) is 10.1 Å². The first kappa shape index (κ1) is 18.4. The lowest BCUT2D eigenvalue weighted by Crippen LogP contribution is -2.26. The summed E-state index contributed by atoms with van der Waals surface area (Å²) in [6.45, 7) is 2.19. The van der Waals surface area contributed by atoms with Crippen molar-refractivity contribution in [2.75, 3.05) is 21.3 Å². The Morgan fingerprint density at radius 3 is 2.67 bits per heavy atom. The maximum atomic E-state index is 12.8. The summed E-state index contributed by atoms with van der Waals surface area (Å²) in [5.74, 6) is 1.69. The van der Waals surface area contributed by atoms with Crippen molar-refractivity contribution < 1.29 is 18.8 Å². The van der Waals surface area contributed by atoms with Crippen LogP contribution in [0.15, 0.2) is 47.0 Å². The van der Waals surface area contributed by atoms with Gasteiger partial charge in [0.25, 0.3) is 5.91 Å². The van der Waals surface area contributed by atoms with Gasteiger partial charge in [-0.25, -0.2) is 0 Å². The number of methoxy groups -OCH3 is 2. The summed E-state index contributed by atoms with van der Waals surface area (Å²) in [6, 6.07) is 12.9. The fourth-order valence-corrected chi connectivity index (χ4v) is 2.68. The number of aromatic nitrogens is 2. The second-order valence-corrected chi connectivity index (χ2v) is 6.11. The standard InChI is InChI=1S/C20H21N3O4/c1-13-6-5-7-14(10-13)19-21-18(27-22-19)12-23(2)20(24)16-9-8-15(25-3)11-17(16)26-4/h5-11H,12H2,1-4H3. The van der Waals surface area contributed by atoms with Gasteiger partial charge in [0, 0.05) is 18.7 Å². The maximum absolute atomic E-state index is 12.8. The molecule has 7 nitrogen and oxygen atoms in total. The second-order valence-electron chi connectivity index (χ2n) is 6.11. The number of benzene rings is 2. The molecule has 0 aliphatic rings. The normalized spacial score (nSPS) is 10.5. The number of nitrogens with zero attached hydrogens (tertiary/aromatic N) is 3. The molecular weight excluding hydrogens is 346 g/mol. The molecule has 27 heavy (non-hydrogen) atoms. The van der Waals surface area contributed by atoms with Crippen LogP contribution < -0.4 is 9.47 Å². The van der Waals surface area contributed by atoms with Gasteiger partial charge < -0.3 is 18.9 Å². The summed E-state index contributed by atoms with van der Waals surface area (Å²) in [6.07, 6.45) is 0. The zero-order valence-electron chi connectivity index (χ0n) is 15.7. The van der Waals surface area contributed by atoms with Gasteiger partial charge in [0.05, 0.1) is 19.8 Å². The third kappa shape index (κ3) is 4.08. The average molecular weight is 367 g/mol. The lowest BCUT2D eigenvalue weighted by molar-refractivity contribution is 0.0766. The monoisotopic (exact) mass is 367 g/mol. The van der Waals surface area contributed by atoms with Crippen molar-refractivity contribution in [3.05, 3.63) is 59.5 Å². The average Bonchev–Trinajstić information content (AvgIpc) is 3.15. The summed E-state index contributed by atoms with van der Waals surface area (Å²) in [4.78, 5) is 18.6. The fraction of sp³-hybridized carbons (Fsp3) is 0.250. The zero-order chi connectivity index (χ0) is 19.4. The van der Waals surface area contributed by atoms with Crippen molar-refractivity contribution in [1.82, 2.24) is 15.0 Å². The van der Waals surface area contributed by atoms with Gasteiger partial charge in [-0.15, -0.1) is 0 Å². The summed E-state index contributed by atoms with van der Waals surface area (Å²) in [5.41, 5.74) is 2.41. The van der Waals surface area contributed by atoms with E-state index in [9.17, 15) is 4.79 Å². The van der Waals surface area contributed by atoms with Crippen LogP contribution >= 0.6 is 0 Å². The maximum Gasteiger partial charge on any atom is 0.257 e. The molecule has 0 N–H and O–H groups in total. The highest BCUT2D eigenvalue weighted by Crippen LogP contribution is 2.26. The summed E-state index contributed by atoms with van der Waals surface area (Å²) in [7, 11) is 4.74. The zero-order valence-corrected chi connectivity index (χ0v) is 15.7. The predicted octanol–water partition coefficient (Wildman–Crippen LogP) is 3.33. The molecule has 1 aromatic heterocycles. The molecule has 1 heterocycles. The van der Waals surface area contributed by atoms with Gasteiger partial charge in [0.2, 0.25) is 11.7 Å². The minimum atomic E-state index is -0.218. The molecule has 140 valence electrons. The Hall–Kier alpha value is -3.35. The van der Waals surface area contributed by atoms with Crippen molar-refractivity contribution in [3.63, 3.8) is 0 Å². The molecule has 0 saturated carbocycles. The van der Waals surface area contributed by atoms with E-state index in [0.29, 0.717) is 28.8 Å². The van der Waals surface area contributed by atoms with E-state index >= 15 is 0 Å². The second kappa shape index (κ2) is 7.90. The highest BCUT2D eigenvalue weighted by molar-refractivity contribution is 5.97. The first-order chi connectivity index (χ1) is 13.0. The van der Waals surface area contributed by atoms with Crippen LogP contribution in [0.4, 0.5) is 0 Å². The number of hydrogen-bond acceptors (Lipinski definition) is 6. The van der Waals surface area contributed by atoms with Gasteiger partial charge in [-0.3, -0.25) is 4.79 Å². The number of carbonyl (C=O) groups is 1. The van der Waals surface area contributed by atoms with Crippen LogP contribution in [0.2, 0.25) is 0 Å². The quantitative estimate of drug-likeness (QED) is 0.665. The summed E-state index contributed by atoms with van der Waals surface area (Å²) >= 11 is 0. The third-order valence-electron chi connectivity index (χ3n) is 4.10. The fourth-order valence-electron chi connectivity index (χ4n) is 2.68. The molecule has 2 aromatic carbocycles. The minimum Gasteiger partial charge on any atom is -0.497 e. The summed E-state index contributed by atoms with van der Waals surface area (Å²) in [5, 5.41) is 4.00. The van der Waals surface area contributed by atoms with Gasteiger partial charge in [0.15, 0.2) is 0 Å². The van der Waals surface area contributed by atoms with Crippen LogP contribution in [0.1, 0.15) is 21.8 Å². The van der Waals surface area contributed by atoms with E-state index < -0.39 is 0 Å². The number of amides is 1. The SMILES string of the molecule is COc1ccc(C(=O)N(C)Cc2nc(-c3cccc(C)c3)no2)c(OC)c1. The van der Waals surface area contributed by atoms with Crippen LogP contribution in [0.3, 0.4) is 0 Å². The van der Waals surface area contributed by atoms with Crippen LogP contribution in [0, 0.1) is 6.92 Å². The molecule has 3 rings (SSSR count). The molecule has 0 bridgehead atoms. The highest BCUT2D eigenvalue weighted by atomic mass is 16.5. The van der Waals surface area contributed by atoms with E-state index in [-0.39, 0.29) is 12.5 Å². The molecule has 0 unspecified atom stereocenters. The minimum absolute atomic E-state index is 0.187. The molecular formula is C20H21N3O4. The van der Waals surface area contributed by atoms with Gasteiger partial charge in [-0.05, 0) is 25.1 Å². The molecule has 0 aliphatic carbocycles. The van der Waals surface area contributed by atoms with E-state index in [1.165, 1.54) is 12.0 Å². The molecule has 0 radical (unpaired) electrons. The van der Waals surface area contributed by atoms with Crippen molar-refractivity contribution in [2.24, 2.45) is 0 Å².